The molecule has 10 aromatic rings. The summed E-state index contributed by atoms with van der Waals surface area (Å²) in [6, 6.07) is 79.1. The van der Waals surface area contributed by atoms with Crippen LogP contribution in [-0.4, -0.2) is 0 Å². The van der Waals surface area contributed by atoms with E-state index in [1.165, 1.54) is 100 Å². The Hall–Kier alpha value is -9.12. The Bertz CT molecular complexity index is 3490. The number of fused-ring (bicyclic) bond motifs is 9. The molecule has 0 unspecified atom stereocenters. The van der Waals surface area contributed by atoms with Crippen LogP contribution in [0.5, 0.6) is 0 Å². The van der Waals surface area contributed by atoms with E-state index in [2.05, 4.69) is 199 Å². The smallest absolute Gasteiger partial charge is 0.0252 e. The fourth-order valence-electron chi connectivity index (χ4n) is 10.5. The number of benzene rings is 10. The van der Waals surface area contributed by atoms with Gasteiger partial charge >= 0.3 is 0 Å². The summed E-state index contributed by atoms with van der Waals surface area (Å²) in [7, 11) is 0. The molecule has 0 saturated carbocycles. The van der Waals surface area contributed by atoms with Gasteiger partial charge in [-0.1, -0.05) is 163 Å². The zero-order valence-electron chi connectivity index (χ0n) is 37.9. The average molecular weight is 871 g/mol. The van der Waals surface area contributed by atoms with Crippen LogP contribution in [0.3, 0.4) is 0 Å². The molecule has 0 bridgehead atoms. The van der Waals surface area contributed by atoms with E-state index in [0.29, 0.717) is 0 Å². The Morgan fingerprint density at radius 2 is 0.435 bits per heavy atom. The van der Waals surface area contributed by atoms with E-state index in [-0.39, 0.29) is 0 Å². The van der Waals surface area contributed by atoms with Crippen molar-refractivity contribution in [2.75, 3.05) is 0 Å². The highest BCUT2D eigenvalue weighted by Crippen LogP contribution is 2.44. The van der Waals surface area contributed by atoms with Gasteiger partial charge in [0.1, 0.15) is 0 Å². The van der Waals surface area contributed by atoms with Gasteiger partial charge in [0.2, 0.25) is 0 Å². The van der Waals surface area contributed by atoms with Gasteiger partial charge in [0.25, 0.3) is 0 Å². The van der Waals surface area contributed by atoms with Crippen molar-refractivity contribution in [2.45, 2.75) is 19.3 Å². The Labute approximate surface area is 404 Å². The summed E-state index contributed by atoms with van der Waals surface area (Å²) in [5.41, 5.74) is 29.5. The molecular formula is C69H42. The zero-order valence-corrected chi connectivity index (χ0v) is 37.9. The summed E-state index contributed by atoms with van der Waals surface area (Å²) in [6.45, 7) is 0. The summed E-state index contributed by atoms with van der Waals surface area (Å²) in [5, 5.41) is 0. The highest BCUT2D eigenvalue weighted by atomic mass is 14.3. The molecule has 0 amide bonds. The molecule has 0 nitrogen and oxygen atoms in total. The largest absolute Gasteiger partial charge is 0.0622 e. The van der Waals surface area contributed by atoms with Crippen molar-refractivity contribution < 1.29 is 0 Å². The van der Waals surface area contributed by atoms with E-state index < -0.39 is 0 Å². The molecule has 10 aromatic carbocycles. The summed E-state index contributed by atoms with van der Waals surface area (Å²) in [6.07, 6.45) is 2.67. The van der Waals surface area contributed by atoms with Crippen molar-refractivity contribution >= 4 is 0 Å². The van der Waals surface area contributed by atoms with E-state index in [1.807, 2.05) is 54.6 Å². The van der Waals surface area contributed by atoms with Crippen molar-refractivity contribution in [2.24, 2.45) is 0 Å². The Kier molecular flexibility index (Phi) is 9.87. The zero-order chi connectivity index (χ0) is 45.7. The normalized spacial score (nSPS) is 11.8. The van der Waals surface area contributed by atoms with Gasteiger partial charge in [0.15, 0.2) is 0 Å². The second-order valence-electron chi connectivity index (χ2n) is 18.4. The van der Waals surface area contributed by atoms with E-state index >= 15 is 0 Å². The van der Waals surface area contributed by atoms with Crippen LogP contribution in [0.1, 0.15) is 66.8 Å². The van der Waals surface area contributed by atoms with Crippen molar-refractivity contribution in [3.63, 3.8) is 0 Å². The van der Waals surface area contributed by atoms with Crippen molar-refractivity contribution in [1.82, 2.24) is 0 Å². The van der Waals surface area contributed by atoms with Crippen LogP contribution in [0.2, 0.25) is 0 Å². The first-order valence-corrected chi connectivity index (χ1v) is 23.8. The highest BCUT2D eigenvalue weighted by molar-refractivity contribution is 5.88. The number of rotatable bonds is 3. The molecule has 3 aliphatic rings. The predicted octanol–water partition coefficient (Wildman–Crippen LogP) is 15.6. The lowest BCUT2D eigenvalue weighted by Gasteiger charge is -2.14. The molecule has 0 spiro atoms. The van der Waals surface area contributed by atoms with E-state index in [0.717, 1.165) is 52.6 Å². The van der Waals surface area contributed by atoms with Crippen molar-refractivity contribution in [1.29, 1.82) is 0 Å². The van der Waals surface area contributed by atoms with Crippen LogP contribution in [0.4, 0.5) is 0 Å². The van der Waals surface area contributed by atoms with Crippen LogP contribution in [0.15, 0.2) is 218 Å². The highest BCUT2D eigenvalue weighted by Gasteiger charge is 2.23. The van der Waals surface area contributed by atoms with Gasteiger partial charge in [-0.3, -0.25) is 0 Å². The molecule has 0 fully saturated rings. The lowest BCUT2D eigenvalue weighted by atomic mass is 9.90. The molecule has 0 aromatic heterocycles. The maximum Gasteiger partial charge on any atom is 0.0252 e. The van der Waals surface area contributed by atoms with E-state index in [1.54, 1.807) is 0 Å². The molecule has 69 heavy (non-hydrogen) atoms. The average Bonchev–Trinajstić information content (AvgIpc) is 4.09. The molecule has 318 valence electrons. The predicted molar refractivity (Wildman–Crippen MR) is 285 cm³/mol. The molecule has 0 heterocycles. The minimum Gasteiger partial charge on any atom is -0.0622 e. The lowest BCUT2D eigenvalue weighted by molar-refractivity contribution is 1.26. The van der Waals surface area contributed by atoms with Gasteiger partial charge < -0.3 is 0 Å². The quantitative estimate of drug-likeness (QED) is 0.155. The SMILES string of the molecule is C(#Cc1ccc2c(c1)Cc1cc(-c3cc(-c4ccc5c(c4)Cc4cc(C#Cc6ccccc6)ccc4-5)cc(-c4ccc5c(c4)Cc4cc(C#Cc6ccccc6)ccc4-5)c3)ccc1-2)c1ccccc1. The summed E-state index contributed by atoms with van der Waals surface area (Å²) in [5.74, 6) is 20.2. The van der Waals surface area contributed by atoms with Gasteiger partial charge in [-0.2, -0.15) is 0 Å². The van der Waals surface area contributed by atoms with Crippen LogP contribution >= 0.6 is 0 Å². The first kappa shape index (κ1) is 40.2. The molecule has 13 rings (SSSR count). The second kappa shape index (κ2) is 16.9. The molecule has 0 atom stereocenters. The summed E-state index contributed by atoms with van der Waals surface area (Å²) >= 11 is 0. The first-order chi connectivity index (χ1) is 34.1. The summed E-state index contributed by atoms with van der Waals surface area (Å²) in [4.78, 5) is 0. The van der Waals surface area contributed by atoms with Crippen LogP contribution < -0.4 is 0 Å². The Morgan fingerprint density at radius 1 is 0.188 bits per heavy atom. The van der Waals surface area contributed by atoms with Crippen molar-refractivity contribution in [3.8, 4) is 102 Å². The maximum atomic E-state index is 3.41. The van der Waals surface area contributed by atoms with Crippen LogP contribution in [0.25, 0.3) is 66.8 Å². The molecular weight excluding hydrogens is 829 g/mol. The minimum atomic E-state index is 0.891. The fraction of sp³-hybridized carbons (Fsp3) is 0.0435. The third kappa shape index (κ3) is 7.84. The van der Waals surface area contributed by atoms with Crippen LogP contribution in [0, 0.1) is 35.5 Å². The molecule has 0 saturated heterocycles. The molecule has 0 aliphatic heterocycles. The maximum absolute atomic E-state index is 3.41. The van der Waals surface area contributed by atoms with Crippen LogP contribution in [-0.2, 0) is 19.3 Å². The summed E-state index contributed by atoms with van der Waals surface area (Å²) < 4.78 is 0. The first-order valence-electron chi connectivity index (χ1n) is 23.8. The van der Waals surface area contributed by atoms with Gasteiger partial charge in [-0.05, 0) is 210 Å². The number of hydrogen-bond acceptors (Lipinski definition) is 0. The Morgan fingerprint density at radius 3 is 0.725 bits per heavy atom. The topological polar surface area (TPSA) is 0 Å². The standard InChI is InChI=1S/C69H42/c1-4-10-46(11-5-1)16-19-49-22-28-64-58(34-49)43-61-37-52(25-31-67(61)64)55-40-56(53-26-32-68-62(38-53)44-59-35-50(23-29-65(59)68)20-17-47-12-6-2-7-13-47)42-57(41-55)54-27-33-69-63(39-54)45-60-36-51(24-30-66(60)69)21-18-48-14-8-3-9-15-48/h1-15,22-42H,43-45H2. The monoisotopic (exact) mass is 870 g/mol. The van der Waals surface area contributed by atoms with Gasteiger partial charge in [-0.15, -0.1) is 0 Å². The van der Waals surface area contributed by atoms with Gasteiger partial charge in [0.05, 0.1) is 0 Å². The second-order valence-corrected chi connectivity index (χ2v) is 18.4. The van der Waals surface area contributed by atoms with Crippen molar-refractivity contribution in [3.05, 3.63) is 285 Å². The van der Waals surface area contributed by atoms with Gasteiger partial charge in [-0.25, -0.2) is 0 Å². The molecule has 3 aliphatic carbocycles. The molecule has 0 heteroatoms. The fourth-order valence-corrected chi connectivity index (χ4v) is 10.5. The molecule has 0 N–H and O–H groups in total. The third-order valence-corrected chi connectivity index (χ3v) is 14.0. The minimum absolute atomic E-state index is 0.891. The number of hydrogen-bond donors (Lipinski definition) is 0. The van der Waals surface area contributed by atoms with E-state index in [4.69, 9.17) is 0 Å². The van der Waals surface area contributed by atoms with Gasteiger partial charge in [0, 0.05) is 33.4 Å². The third-order valence-electron chi connectivity index (χ3n) is 14.0. The molecule has 0 radical (unpaired) electrons. The Balaban J connectivity index is 0.846. The van der Waals surface area contributed by atoms with E-state index in [9.17, 15) is 0 Å². The lowest BCUT2D eigenvalue weighted by Crippen LogP contribution is -1.90.